The molecule has 1 aliphatic carbocycles. The van der Waals surface area contributed by atoms with Crippen LogP contribution in [0.4, 0.5) is 5.69 Å². The lowest BCUT2D eigenvalue weighted by Gasteiger charge is -2.23. The van der Waals surface area contributed by atoms with Gasteiger partial charge in [-0.1, -0.05) is 12.8 Å². The molecular weight excluding hydrogens is 240 g/mol. The van der Waals surface area contributed by atoms with Crippen LogP contribution in [0.5, 0.6) is 5.75 Å². The van der Waals surface area contributed by atoms with Crippen molar-refractivity contribution < 1.29 is 9.90 Å². The fourth-order valence-electron chi connectivity index (χ4n) is 2.71. The SMILES string of the molecule is Cc1cc(NC(=O)CC2(N)CCCC2)c(C)cc1O. The molecule has 2 rings (SSSR count). The number of rotatable bonds is 3. The van der Waals surface area contributed by atoms with Crippen LogP contribution in [0.25, 0.3) is 0 Å². The molecule has 4 N–H and O–H groups in total. The van der Waals surface area contributed by atoms with Crippen LogP contribution in [0.15, 0.2) is 12.1 Å². The van der Waals surface area contributed by atoms with E-state index in [4.69, 9.17) is 5.73 Å². The molecule has 0 spiro atoms. The first-order chi connectivity index (χ1) is 8.89. The number of hydrogen-bond acceptors (Lipinski definition) is 3. The number of benzene rings is 1. The topological polar surface area (TPSA) is 75.4 Å². The highest BCUT2D eigenvalue weighted by Gasteiger charge is 2.31. The molecule has 0 heterocycles. The summed E-state index contributed by atoms with van der Waals surface area (Å²) in [7, 11) is 0. The number of nitrogens with two attached hydrogens (primary N) is 1. The summed E-state index contributed by atoms with van der Waals surface area (Å²) in [5.41, 5.74) is 8.24. The normalized spacial score (nSPS) is 17.4. The number of hydrogen-bond donors (Lipinski definition) is 3. The van der Waals surface area contributed by atoms with Crippen LogP contribution in [-0.4, -0.2) is 16.6 Å². The average Bonchev–Trinajstić information content (AvgIpc) is 2.72. The van der Waals surface area contributed by atoms with Gasteiger partial charge >= 0.3 is 0 Å². The van der Waals surface area contributed by atoms with Gasteiger partial charge in [0.1, 0.15) is 5.75 Å². The molecule has 0 bridgehead atoms. The van der Waals surface area contributed by atoms with Gasteiger partial charge in [-0.25, -0.2) is 0 Å². The highest BCUT2D eigenvalue weighted by Crippen LogP contribution is 2.31. The van der Waals surface area contributed by atoms with Crippen LogP contribution in [0, 0.1) is 13.8 Å². The molecule has 0 aliphatic heterocycles. The Morgan fingerprint density at radius 1 is 1.32 bits per heavy atom. The molecule has 4 heteroatoms. The molecule has 0 aromatic heterocycles. The highest BCUT2D eigenvalue weighted by molar-refractivity contribution is 5.92. The van der Waals surface area contributed by atoms with Crippen molar-refractivity contribution in [2.24, 2.45) is 5.73 Å². The number of carbonyl (C=O) groups excluding carboxylic acids is 1. The molecule has 1 saturated carbocycles. The summed E-state index contributed by atoms with van der Waals surface area (Å²) >= 11 is 0. The lowest BCUT2D eigenvalue weighted by molar-refractivity contribution is -0.117. The number of anilines is 1. The Bertz CT molecular complexity index is 491. The number of aryl methyl sites for hydroxylation is 2. The summed E-state index contributed by atoms with van der Waals surface area (Å²) < 4.78 is 0. The maximum absolute atomic E-state index is 12.1. The number of amides is 1. The van der Waals surface area contributed by atoms with Gasteiger partial charge in [0.25, 0.3) is 0 Å². The molecule has 0 saturated heterocycles. The Labute approximate surface area is 114 Å². The van der Waals surface area contributed by atoms with Crippen molar-refractivity contribution >= 4 is 11.6 Å². The van der Waals surface area contributed by atoms with Crippen molar-refractivity contribution in [2.45, 2.75) is 51.5 Å². The summed E-state index contributed by atoms with van der Waals surface area (Å²) in [6, 6.07) is 3.46. The minimum absolute atomic E-state index is 0.0439. The Morgan fingerprint density at radius 3 is 2.58 bits per heavy atom. The summed E-state index contributed by atoms with van der Waals surface area (Å²) in [6.07, 6.45) is 4.44. The van der Waals surface area contributed by atoms with Crippen molar-refractivity contribution in [1.29, 1.82) is 0 Å². The van der Waals surface area contributed by atoms with Crippen molar-refractivity contribution in [3.63, 3.8) is 0 Å². The maximum atomic E-state index is 12.1. The van der Waals surface area contributed by atoms with Crippen molar-refractivity contribution in [3.05, 3.63) is 23.3 Å². The molecular formula is C15H22N2O2. The third-order valence-electron chi connectivity index (χ3n) is 3.93. The van der Waals surface area contributed by atoms with Gasteiger partial charge in [-0.05, 0) is 49.9 Å². The first kappa shape index (κ1) is 13.9. The summed E-state index contributed by atoms with van der Waals surface area (Å²) in [5, 5.41) is 12.5. The molecule has 19 heavy (non-hydrogen) atoms. The van der Waals surface area contributed by atoms with Crippen LogP contribution in [0.2, 0.25) is 0 Å². The van der Waals surface area contributed by atoms with Gasteiger partial charge in [0, 0.05) is 17.6 Å². The van der Waals surface area contributed by atoms with Gasteiger partial charge < -0.3 is 16.2 Å². The zero-order valence-electron chi connectivity index (χ0n) is 11.6. The first-order valence-corrected chi connectivity index (χ1v) is 6.79. The van der Waals surface area contributed by atoms with Gasteiger partial charge in [0.05, 0.1) is 0 Å². The van der Waals surface area contributed by atoms with E-state index in [1.165, 1.54) is 0 Å². The molecule has 1 amide bonds. The predicted molar refractivity (Wildman–Crippen MR) is 76.2 cm³/mol. The number of phenolic OH excluding ortho intramolecular Hbond substituents is 1. The summed E-state index contributed by atoms with van der Waals surface area (Å²) in [4.78, 5) is 12.1. The van der Waals surface area contributed by atoms with Crippen molar-refractivity contribution in [1.82, 2.24) is 0 Å². The molecule has 0 atom stereocenters. The fourth-order valence-corrected chi connectivity index (χ4v) is 2.71. The van der Waals surface area contributed by atoms with Crippen LogP contribution in [0.3, 0.4) is 0 Å². The zero-order valence-corrected chi connectivity index (χ0v) is 11.6. The van der Waals surface area contributed by atoms with Gasteiger partial charge in [0.2, 0.25) is 5.91 Å². The second-order valence-corrected chi connectivity index (χ2v) is 5.75. The third kappa shape index (κ3) is 3.26. The highest BCUT2D eigenvalue weighted by atomic mass is 16.3. The smallest absolute Gasteiger partial charge is 0.226 e. The molecule has 4 nitrogen and oxygen atoms in total. The predicted octanol–water partition coefficient (Wildman–Crippen LogP) is 2.61. The van der Waals surface area contributed by atoms with Gasteiger partial charge in [-0.2, -0.15) is 0 Å². The van der Waals surface area contributed by atoms with E-state index in [9.17, 15) is 9.90 Å². The summed E-state index contributed by atoms with van der Waals surface area (Å²) in [5.74, 6) is 0.208. The zero-order chi connectivity index (χ0) is 14.0. The van der Waals surface area contributed by atoms with E-state index in [0.717, 1.165) is 42.5 Å². The van der Waals surface area contributed by atoms with E-state index in [1.54, 1.807) is 12.1 Å². The molecule has 0 unspecified atom stereocenters. The molecule has 1 aliphatic rings. The number of carbonyl (C=O) groups is 1. The van der Waals surface area contributed by atoms with Crippen LogP contribution in [0.1, 0.15) is 43.2 Å². The van der Waals surface area contributed by atoms with E-state index in [2.05, 4.69) is 5.32 Å². The molecule has 0 radical (unpaired) electrons. The Kier molecular flexibility index (Phi) is 3.80. The van der Waals surface area contributed by atoms with E-state index in [0.29, 0.717) is 6.42 Å². The number of aromatic hydroxyl groups is 1. The van der Waals surface area contributed by atoms with Crippen LogP contribution >= 0.6 is 0 Å². The summed E-state index contributed by atoms with van der Waals surface area (Å²) in [6.45, 7) is 3.67. The fraction of sp³-hybridized carbons (Fsp3) is 0.533. The Morgan fingerprint density at radius 2 is 1.95 bits per heavy atom. The standard InChI is InChI=1S/C15H22N2O2/c1-10-8-13(18)11(2)7-12(10)17-14(19)9-15(16)5-3-4-6-15/h7-8,18H,3-6,9,16H2,1-2H3,(H,17,19). The quantitative estimate of drug-likeness (QED) is 0.733. The molecule has 1 fully saturated rings. The van der Waals surface area contributed by atoms with Crippen LogP contribution in [-0.2, 0) is 4.79 Å². The molecule has 1 aromatic carbocycles. The van der Waals surface area contributed by atoms with E-state index >= 15 is 0 Å². The lowest BCUT2D eigenvalue weighted by Crippen LogP contribution is -2.40. The Balaban J connectivity index is 2.05. The number of phenols is 1. The van der Waals surface area contributed by atoms with Crippen molar-refractivity contribution in [2.75, 3.05) is 5.32 Å². The Hall–Kier alpha value is -1.55. The second kappa shape index (κ2) is 5.21. The minimum atomic E-state index is -0.329. The molecule has 104 valence electrons. The van der Waals surface area contributed by atoms with Gasteiger partial charge in [0.15, 0.2) is 0 Å². The third-order valence-corrected chi connectivity index (χ3v) is 3.93. The van der Waals surface area contributed by atoms with Gasteiger partial charge in [-0.3, -0.25) is 4.79 Å². The van der Waals surface area contributed by atoms with Crippen LogP contribution < -0.4 is 11.1 Å². The monoisotopic (exact) mass is 262 g/mol. The van der Waals surface area contributed by atoms with E-state index in [1.807, 2.05) is 13.8 Å². The maximum Gasteiger partial charge on any atom is 0.226 e. The average molecular weight is 262 g/mol. The van der Waals surface area contributed by atoms with Crippen molar-refractivity contribution in [3.8, 4) is 5.75 Å². The lowest BCUT2D eigenvalue weighted by atomic mass is 9.94. The first-order valence-electron chi connectivity index (χ1n) is 6.79. The van der Waals surface area contributed by atoms with E-state index < -0.39 is 0 Å². The second-order valence-electron chi connectivity index (χ2n) is 5.75. The van der Waals surface area contributed by atoms with E-state index in [-0.39, 0.29) is 17.2 Å². The van der Waals surface area contributed by atoms with Gasteiger partial charge in [-0.15, -0.1) is 0 Å². The minimum Gasteiger partial charge on any atom is -0.508 e. The molecule has 1 aromatic rings. The number of nitrogens with one attached hydrogen (secondary N) is 1. The largest absolute Gasteiger partial charge is 0.508 e.